The van der Waals surface area contributed by atoms with Gasteiger partial charge in [-0.25, -0.2) is 24.9 Å². The van der Waals surface area contributed by atoms with Gasteiger partial charge in [0.2, 0.25) is 11.8 Å². The number of nitrogens with zero attached hydrogens (tertiary/aromatic N) is 6. The number of para-hydroxylation sites is 5. The van der Waals surface area contributed by atoms with Crippen LogP contribution in [0.15, 0.2) is 215 Å². The number of oxazole rings is 2. The van der Waals surface area contributed by atoms with Gasteiger partial charge in [0.05, 0.1) is 16.7 Å². The fourth-order valence-electron chi connectivity index (χ4n) is 8.91. The molecule has 0 spiro atoms. The standard InChI is InChI=1S/C57H34N6O2/c1-2-12-43-36(10-1)11-9-17-48(43)63-49-16-6-3-13-44(49)45-34-42(32-33-50(45)63)35-20-22-37(23-21-35)53-60-54(38-24-28-40(29-25-38)56-58-46-14-4-7-18-51(46)64-56)62-55(61-53)39-26-30-41(31-27-39)57-59-47-15-5-8-19-52(47)65-57/h1-34H. The first-order valence-corrected chi connectivity index (χ1v) is 21.5. The molecule has 0 saturated heterocycles. The molecular formula is C57H34N6O2. The summed E-state index contributed by atoms with van der Waals surface area (Å²) in [5.74, 6) is 2.78. The van der Waals surface area contributed by atoms with Crippen LogP contribution in [0.25, 0.3) is 129 Å². The highest BCUT2D eigenvalue weighted by molar-refractivity contribution is 6.11. The summed E-state index contributed by atoms with van der Waals surface area (Å²) in [7, 11) is 0. The second-order valence-corrected chi connectivity index (χ2v) is 16.1. The van der Waals surface area contributed by atoms with Crippen LogP contribution >= 0.6 is 0 Å². The first-order chi connectivity index (χ1) is 32.2. The topological polar surface area (TPSA) is 95.7 Å². The van der Waals surface area contributed by atoms with Gasteiger partial charge in [0, 0.05) is 44.0 Å². The zero-order valence-electron chi connectivity index (χ0n) is 34.6. The van der Waals surface area contributed by atoms with E-state index < -0.39 is 0 Å². The molecule has 304 valence electrons. The SMILES string of the molecule is c1ccc2c(-n3c4ccccc4c4cc(-c5ccc(-c6nc(-c7ccc(-c8nc9ccccc9o8)cc7)nc(-c7ccc(-c8nc9ccccc9o8)cc7)n6)cc5)ccc43)cccc2c1. The molecule has 0 aliphatic heterocycles. The van der Waals surface area contributed by atoms with Crippen molar-refractivity contribution in [2.24, 2.45) is 0 Å². The van der Waals surface area contributed by atoms with Crippen molar-refractivity contribution in [3.05, 3.63) is 206 Å². The zero-order chi connectivity index (χ0) is 42.8. The van der Waals surface area contributed by atoms with Crippen LogP contribution in [-0.4, -0.2) is 29.5 Å². The van der Waals surface area contributed by atoms with Crippen LogP contribution in [0.1, 0.15) is 0 Å². The number of aromatic nitrogens is 6. The van der Waals surface area contributed by atoms with E-state index in [1.807, 2.05) is 97.1 Å². The lowest BCUT2D eigenvalue weighted by Crippen LogP contribution is -2.00. The molecular weight excluding hydrogens is 801 g/mol. The van der Waals surface area contributed by atoms with Gasteiger partial charge in [-0.05, 0) is 89.3 Å². The predicted octanol–water partition coefficient (Wildman–Crippen LogP) is 14.4. The van der Waals surface area contributed by atoms with Gasteiger partial charge < -0.3 is 13.4 Å². The highest BCUT2D eigenvalue weighted by Gasteiger charge is 2.18. The molecule has 0 unspecified atom stereocenters. The summed E-state index contributed by atoms with van der Waals surface area (Å²) in [6, 6.07) is 70.5. The van der Waals surface area contributed by atoms with Crippen LogP contribution in [0.5, 0.6) is 0 Å². The maximum atomic E-state index is 6.06. The lowest BCUT2D eigenvalue weighted by Gasteiger charge is -2.12. The molecule has 0 radical (unpaired) electrons. The molecule has 8 heteroatoms. The number of rotatable bonds is 7. The second-order valence-electron chi connectivity index (χ2n) is 16.1. The Balaban J connectivity index is 0.876. The second kappa shape index (κ2) is 14.8. The van der Waals surface area contributed by atoms with Crippen molar-refractivity contribution < 1.29 is 8.83 Å². The lowest BCUT2D eigenvalue weighted by atomic mass is 10.0. The molecule has 0 aliphatic carbocycles. The quantitative estimate of drug-likeness (QED) is 0.158. The van der Waals surface area contributed by atoms with Gasteiger partial charge >= 0.3 is 0 Å². The van der Waals surface area contributed by atoms with Crippen LogP contribution in [0.2, 0.25) is 0 Å². The first kappa shape index (κ1) is 36.6. The Morgan fingerprint density at radius 2 is 0.754 bits per heavy atom. The number of benzene rings is 9. The molecule has 4 heterocycles. The smallest absolute Gasteiger partial charge is 0.227 e. The van der Waals surface area contributed by atoms with E-state index in [-0.39, 0.29) is 0 Å². The monoisotopic (exact) mass is 834 g/mol. The first-order valence-electron chi connectivity index (χ1n) is 21.5. The molecule has 0 aliphatic rings. The van der Waals surface area contributed by atoms with Gasteiger partial charge in [-0.1, -0.05) is 133 Å². The van der Waals surface area contributed by atoms with Crippen LogP contribution in [-0.2, 0) is 0 Å². The number of fused-ring (bicyclic) bond motifs is 6. The molecule has 13 rings (SSSR count). The lowest BCUT2D eigenvalue weighted by molar-refractivity contribution is 0.619. The van der Waals surface area contributed by atoms with Gasteiger partial charge in [-0.3, -0.25) is 0 Å². The Kier molecular flexibility index (Phi) is 8.35. The summed E-state index contributed by atoms with van der Waals surface area (Å²) in [5, 5.41) is 4.85. The van der Waals surface area contributed by atoms with Crippen LogP contribution in [0, 0.1) is 0 Å². The van der Waals surface area contributed by atoms with Crippen molar-refractivity contribution in [1.29, 1.82) is 0 Å². The van der Waals surface area contributed by atoms with E-state index in [9.17, 15) is 0 Å². The van der Waals surface area contributed by atoms with E-state index >= 15 is 0 Å². The Bertz CT molecular complexity index is 3730. The minimum Gasteiger partial charge on any atom is -0.436 e. The van der Waals surface area contributed by atoms with Crippen molar-refractivity contribution in [3.8, 4) is 73.9 Å². The van der Waals surface area contributed by atoms with Crippen LogP contribution < -0.4 is 0 Å². The van der Waals surface area contributed by atoms with E-state index in [4.69, 9.17) is 33.8 Å². The minimum absolute atomic E-state index is 0.550. The van der Waals surface area contributed by atoms with Crippen LogP contribution in [0.3, 0.4) is 0 Å². The summed E-state index contributed by atoms with van der Waals surface area (Å²) in [5.41, 5.74) is 13.1. The van der Waals surface area contributed by atoms with E-state index in [1.165, 1.54) is 32.7 Å². The third-order valence-corrected chi connectivity index (χ3v) is 12.2. The summed E-state index contributed by atoms with van der Waals surface area (Å²) in [4.78, 5) is 24.6. The Labute approximate surface area is 371 Å². The van der Waals surface area contributed by atoms with E-state index in [1.54, 1.807) is 0 Å². The average Bonchev–Trinajstić information content (AvgIpc) is 4.11. The molecule has 0 N–H and O–H groups in total. The van der Waals surface area contributed by atoms with Gasteiger partial charge in [0.1, 0.15) is 11.0 Å². The fourth-order valence-corrected chi connectivity index (χ4v) is 8.91. The molecule has 0 saturated carbocycles. The van der Waals surface area contributed by atoms with Gasteiger partial charge in [0.15, 0.2) is 28.6 Å². The van der Waals surface area contributed by atoms with Crippen molar-refractivity contribution >= 4 is 54.8 Å². The molecule has 8 nitrogen and oxygen atoms in total. The molecule has 4 aromatic heterocycles. The molecule has 0 atom stereocenters. The van der Waals surface area contributed by atoms with Crippen molar-refractivity contribution in [1.82, 2.24) is 29.5 Å². The Hall–Kier alpha value is -9.01. The maximum Gasteiger partial charge on any atom is 0.227 e. The summed E-state index contributed by atoms with van der Waals surface area (Å²) < 4.78 is 14.5. The fraction of sp³-hybridized carbons (Fsp3) is 0. The highest BCUT2D eigenvalue weighted by atomic mass is 16.4. The zero-order valence-corrected chi connectivity index (χ0v) is 34.6. The molecule has 0 fully saturated rings. The number of hydrogen-bond acceptors (Lipinski definition) is 7. The van der Waals surface area contributed by atoms with Crippen molar-refractivity contribution in [3.63, 3.8) is 0 Å². The van der Waals surface area contributed by atoms with Gasteiger partial charge in [0.25, 0.3) is 0 Å². The number of hydrogen-bond donors (Lipinski definition) is 0. The summed E-state index contributed by atoms with van der Waals surface area (Å²) in [6.45, 7) is 0. The maximum absolute atomic E-state index is 6.06. The third-order valence-electron chi connectivity index (χ3n) is 12.2. The predicted molar refractivity (Wildman–Crippen MR) is 259 cm³/mol. The minimum atomic E-state index is 0.550. The van der Waals surface area contributed by atoms with E-state index in [2.05, 4.69) is 114 Å². The highest BCUT2D eigenvalue weighted by Crippen LogP contribution is 2.38. The molecule has 9 aromatic carbocycles. The molecule has 13 aromatic rings. The molecule has 0 bridgehead atoms. The van der Waals surface area contributed by atoms with E-state index in [0.29, 0.717) is 29.3 Å². The average molecular weight is 835 g/mol. The van der Waals surface area contributed by atoms with Gasteiger partial charge in [-0.15, -0.1) is 0 Å². The van der Waals surface area contributed by atoms with E-state index in [0.717, 1.165) is 66.7 Å². The van der Waals surface area contributed by atoms with Crippen molar-refractivity contribution in [2.75, 3.05) is 0 Å². The summed E-state index contributed by atoms with van der Waals surface area (Å²) >= 11 is 0. The normalized spacial score (nSPS) is 11.7. The Morgan fingerprint density at radius 3 is 1.34 bits per heavy atom. The molecule has 0 amide bonds. The third kappa shape index (κ3) is 6.35. The van der Waals surface area contributed by atoms with Gasteiger partial charge in [-0.2, -0.15) is 0 Å². The largest absolute Gasteiger partial charge is 0.436 e. The van der Waals surface area contributed by atoms with Crippen LogP contribution in [0.4, 0.5) is 0 Å². The summed E-state index contributed by atoms with van der Waals surface area (Å²) in [6.07, 6.45) is 0. The Morgan fingerprint density at radius 1 is 0.308 bits per heavy atom. The van der Waals surface area contributed by atoms with Crippen molar-refractivity contribution in [2.45, 2.75) is 0 Å². The molecule has 65 heavy (non-hydrogen) atoms.